The maximum atomic E-state index is 12.5. The van der Waals surface area contributed by atoms with Crippen molar-refractivity contribution in [3.63, 3.8) is 0 Å². The number of rotatable bonds is 8. The maximum Gasteiger partial charge on any atom is 0.255 e. The number of anilines is 1. The molecule has 2 rings (SSSR count). The molecule has 25 heavy (non-hydrogen) atoms. The van der Waals surface area contributed by atoms with E-state index in [0.717, 1.165) is 28.8 Å². The Morgan fingerprint density at radius 2 is 2.00 bits per heavy atom. The average Bonchev–Trinajstić information content (AvgIpc) is 2.60. The Kier molecular flexibility index (Phi) is 7.31. The van der Waals surface area contributed by atoms with Crippen molar-refractivity contribution in [3.8, 4) is 11.5 Å². The summed E-state index contributed by atoms with van der Waals surface area (Å²) >= 11 is 3.45. The fourth-order valence-electron chi connectivity index (χ4n) is 2.14. The summed E-state index contributed by atoms with van der Waals surface area (Å²) in [5, 5.41) is 2.90. The van der Waals surface area contributed by atoms with Gasteiger partial charge in [-0.25, -0.2) is 0 Å². The smallest absolute Gasteiger partial charge is 0.255 e. The first kappa shape index (κ1) is 19.3. The lowest BCUT2D eigenvalue weighted by molar-refractivity contribution is 0.102. The first-order valence-electron chi connectivity index (χ1n) is 8.53. The summed E-state index contributed by atoms with van der Waals surface area (Å²) in [6, 6.07) is 12.7. The molecule has 5 heteroatoms. The van der Waals surface area contributed by atoms with Crippen LogP contribution in [0.4, 0.5) is 5.69 Å². The fraction of sp³-hybridized carbons (Fsp3) is 0.350. The number of hydrogen-bond acceptors (Lipinski definition) is 3. The van der Waals surface area contributed by atoms with E-state index in [1.165, 1.54) is 0 Å². The van der Waals surface area contributed by atoms with Gasteiger partial charge in [0.2, 0.25) is 0 Å². The minimum atomic E-state index is -0.177. The van der Waals surface area contributed by atoms with Crippen molar-refractivity contribution in [2.45, 2.75) is 39.7 Å². The number of carbonyl (C=O) groups is 1. The molecule has 0 saturated carbocycles. The standard InChI is InChI=1S/C20H24BrNO3/c1-4-11-24-19-10-9-15(12-18(19)21)20(23)22-16-7-6-8-17(13-16)25-14(3)5-2/h6-10,12-14H,4-5,11H2,1-3H3,(H,22,23). The van der Waals surface area contributed by atoms with Crippen LogP contribution in [0.15, 0.2) is 46.9 Å². The van der Waals surface area contributed by atoms with Crippen LogP contribution in [0.25, 0.3) is 0 Å². The topological polar surface area (TPSA) is 47.6 Å². The highest BCUT2D eigenvalue weighted by atomic mass is 79.9. The molecule has 2 aromatic carbocycles. The van der Waals surface area contributed by atoms with E-state index < -0.39 is 0 Å². The van der Waals surface area contributed by atoms with E-state index in [1.54, 1.807) is 18.2 Å². The molecule has 1 N–H and O–H groups in total. The van der Waals surface area contributed by atoms with Crippen LogP contribution in [0.3, 0.4) is 0 Å². The largest absolute Gasteiger partial charge is 0.492 e. The molecule has 1 unspecified atom stereocenters. The third kappa shape index (κ3) is 5.78. The summed E-state index contributed by atoms with van der Waals surface area (Å²) in [4.78, 5) is 12.5. The molecule has 1 atom stereocenters. The van der Waals surface area contributed by atoms with Gasteiger partial charge in [-0.05, 0) is 66.0 Å². The Morgan fingerprint density at radius 3 is 2.68 bits per heavy atom. The first-order chi connectivity index (χ1) is 12.0. The summed E-state index contributed by atoms with van der Waals surface area (Å²) in [6.45, 7) is 6.79. The molecule has 0 aliphatic carbocycles. The maximum absolute atomic E-state index is 12.5. The molecule has 4 nitrogen and oxygen atoms in total. The van der Waals surface area contributed by atoms with Crippen LogP contribution in [0.1, 0.15) is 44.0 Å². The summed E-state index contributed by atoms with van der Waals surface area (Å²) in [7, 11) is 0. The van der Waals surface area contributed by atoms with E-state index in [4.69, 9.17) is 9.47 Å². The van der Waals surface area contributed by atoms with Gasteiger partial charge >= 0.3 is 0 Å². The zero-order chi connectivity index (χ0) is 18.2. The molecule has 0 saturated heterocycles. The molecular weight excluding hydrogens is 382 g/mol. The summed E-state index contributed by atoms with van der Waals surface area (Å²) in [5.74, 6) is 1.31. The van der Waals surface area contributed by atoms with Crippen LogP contribution >= 0.6 is 15.9 Å². The molecule has 134 valence electrons. The molecule has 2 aromatic rings. The number of carbonyl (C=O) groups excluding carboxylic acids is 1. The Labute approximate surface area is 157 Å². The van der Waals surface area contributed by atoms with E-state index in [0.29, 0.717) is 17.9 Å². The summed E-state index contributed by atoms with van der Waals surface area (Å²) in [5.41, 5.74) is 1.26. The van der Waals surface area contributed by atoms with Crippen molar-refractivity contribution in [1.82, 2.24) is 0 Å². The van der Waals surface area contributed by atoms with Crippen molar-refractivity contribution in [2.24, 2.45) is 0 Å². The number of nitrogens with one attached hydrogen (secondary N) is 1. The second-order valence-corrected chi connectivity index (χ2v) is 6.67. The number of benzene rings is 2. The number of hydrogen-bond donors (Lipinski definition) is 1. The zero-order valence-electron chi connectivity index (χ0n) is 14.8. The lowest BCUT2D eigenvalue weighted by atomic mass is 10.2. The molecule has 0 bridgehead atoms. The molecule has 1 amide bonds. The number of halogens is 1. The van der Waals surface area contributed by atoms with Gasteiger partial charge in [-0.15, -0.1) is 0 Å². The van der Waals surface area contributed by atoms with Crippen LogP contribution in [0.2, 0.25) is 0 Å². The first-order valence-corrected chi connectivity index (χ1v) is 9.33. The molecule has 0 aromatic heterocycles. The van der Waals surface area contributed by atoms with E-state index in [9.17, 15) is 4.79 Å². The molecule has 0 aliphatic heterocycles. The lowest BCUT2D eigenvalue weighted by Gasteiger charge is -2.14. The van der Waals surface area contributed by atoms with Gasteiger partial charge in [-0.3, -0.25) is 4.79 Å². The van der Waals surface area contributed by atoms with Gasteiger partial charge in [0.25, 0.3) is 5.91 Å². The normalized spacial score (nSPS) is 11.7. The minimum Gasteiger partial charge on any atom is -0.492 e. The Morgan fingerprint density at radius 1 is 1.20 bits per heavy atom. The van der Waals surface area contributed by atoms with Crippen molar-refractivity contribution in [2.75, 3.05) is 11.9 Å². The van der Waals surface area contributed by atoms with Crippen molar-refractivity contribution < 1.29 is 14.3 Å². The Balaban J connectivity index is 2.06. The summed E-state index contributed by atoms with van der Waals surface area (Å²) in [6.07, 6.45) is 2.00. The third-order valence-corrected chi connectivity index (χ3v) is 4.28. The third-order valence-electron chi connectivity index (χ3n) is 3.66. The monoisotopic (exact) mass is 405 g/mol. The van der Waals surface area contributed by atoms with E-state index >= 15 is 0 Å². The van der Waals surface area contributed by atoms with Crippen LogP contribution in [-0.4, -0.2) is 18.6 Å². The van der Waals surface area contributed by atoms with Gasteiger partial charge < -0.3 is 14.8 Å². The average molecular weight is 406 g/mol. The Hall–Kier alpha value is -2.01. The molecular formula is C20H24BrNO3. The highest BCUT2D eigenvalue weighted by Crippen LogP contribution is 2.27. The van der Waals surface area contributed by atoms with Crippen LogP contribution in [-0.2, 0) is 0 Å². The fourth-order valence-corrected chi connectivity index (χ4v) is 2.63. The number of ether oxygens (including phenoxy) is 2. The van der Waals surface area contributed by atoms with Crippen molar-refractivity contribution in [3.05, 3.63) is 52.5 Å². The molecule has 0 radical (unpaired) electrons. The van der Waals surface area contributed by atoms with Gasteiger partial charge in [0.15, 0.2) is 0 Å². The van der Waals surface area contributed by atoms with Crippen LogP contribution < -0.4 is 14.8 Å². The molecule has 0 aliphatic rings. The highest BCUT2D eigenvalue weighted by Gasteiger charge is 2.10. The van der Waals surface area contributed by atoms with E-state index in [2.05, 4.69) is 35.1 Å². The van der Waals surface area contributed by atoms with Crippen LogP contribution in [0.5, 0.6) is 11.5 Å². The van der Waals surface area contributed by atoms with Crippen LogP contribution in [0, 0.1) is 0 Å². The van der Waals surface area contributed by atoms with Gasteiger partial charge in [0, 0.05) is 17.3 Å². The van der Waals surface area contributed by atoms with Gasteiger partial charge in [-0.1, -0.05) is 19.9 Å². The van der Waals surface area contributed by atoms with Gasteiger partial charge in [0.1, 0.15) is 11.5 Å². The predicted molar refractivity (Wildman–Crippen MR) is 105 cm³/mol. The lowest BCUT2D eigenvalue weighted by Crippen LogP contribution is -2.13. The second-order valence-electron chi connectivity index (χ2n) is 5.81. The number of amides is 1. The highest BCUT2D eigenvalue weighted by molar-refractivity contribution is 9.10. The van der Waals surface area contributed by atoms with Crippen molar-refractivity contribution in [1.29, 1.82) is 0 Å². The van der Waals surface area contributed by atoms with Gasteiger partial charge in [-0.2, -0.15) is 0 Å². The molecule has 0 fully saturated rings. The van der Waals surface area contributed by atoms with Gasteiger partial charge in [0.05, 0.1) is 17.2 Å². The minimum absolute atomic E-state index is 0.137. The SMILES string of the molecule is CCCOc1ccc(C(=O)Nc2cccc(OC(C)CC)c2)cc1Br. The summed E-state index contributed by atoms with van der Waals surface area (Å²) < 4.78 is 12.2. The van der Waals surface area contributed by atoms with E-state index in [1.807, 2.05) is 31.2 Å². The molecule has 0 spiro atoms. The molecule has 0 heterocycles. The second kappa shape index (κ2) is 9.47. The van der Waals surface area contributed by atoms with Crippen molar-refractivity contribution >= 4 is 27.5 Å². The predicted octanol–water partition coefficient (Wildman–Crippen LogP) is 5.67. The quantitative estimate of drug-likeness (QED) is 0.615. The van der Waals surface area contributed by atoms with E-state index in [-0.39, 0.29) is 12.0 Å². The zero-order valence-corrected chi connectivity index (χ0v) is 16.4. The Bertz CT molecular complexity index is 718.